The molecule has 3 N–H and O–H groups in total. The first kappa shape index (κ1) is 14.5. The van der Waals surface area contributed by atoms with E-state index in [-0.39, 0.29) is 0 Å². The molecule has 1 fully saturated rings. The highest BCUT2D eigenvalue weighted by Crippen LogP contribution is 2.32. The molecule has 1 aliphatic rings. The van der Waals surface area contributed by atoms with E-state index in [0.29, 0.717) is 5.95 Å². The van der Waals surface area contributed by atoms with E-state index >= 15 is 0 Å². The molecule has 0 bridgehead atoms. The molecule has 0 aliphatic carbocycles. The Bertz CT molecular complexity index is 609. The summed E-state index contributed by atoms with van der Waals surface area (Å²) >= 11 is 1.63. The third-order valence-electron chi connectivity index (χ3n) is 4.45. The average Bonchev–Trinajstić information content (AvgIpc) is 2.81. The van der Waals surface area contributed by atoms with Crippen molar-refractivity contribution in [1.29, 1.82) is 0 Å². The predicted molar refractivity (Wildman–Crippen MR) is 89.6 cm³/mol. The smallest absolute Gasteiger partial charge is 0.240 e. The van der Waals surface area contributed by atoms with Crippen molar-refractivity contribution in [3.05, 3.63) is 11.4 Å². The van der Waals surface area contributed by atoms with Crippen molar-refractivity contribution in [2.24, 2.45) is 17.7 Å². The van der Waals surface area contributed by atoms with Gasteiger partial charge in [-0.1, -0.05) is 13.8 Å². The molecule has 0 spiro atoms. The molecule has 1 aliphatic heterocycles. The predicted octanol–water partition coefficient (Wildman–Crippen LogP) is 3.24. The fourth-order valence-corrected chi connectivity index (χ4v) is 3.90. The van der Waals surface area contributed by atoms with Gasteiger partial charge in [-0.15, -0.1) is 11.3 Å². The summed E-state index contributed by atoms with van der Waals surface area (Å²) in [4.78, 5) is 12.4. The summed E-state index contributed by atoms with van der Waals surface area (Å²) in [6.45, 7) is 6.79. The number of nitrogens with two attached hydrogens (primary N) is 1. The van der Waals surface area contributed by atoms with E-state index in [2.05, 4.69) is 45.6 Å². The second kappa shape index (κ2) is 6.15. The Morgan fingerprint density at radius 2 is 2.19 bits per heavy atom. The third-order valence-corrected chi connectivity index (χ3v) is 5.26. The van der Waals surface area contributed by atoms with E-state index < -0.39 is 0 Å². The van der Waals surface area contributed by atoms with Crippen LogP contribution in [0.5, 0.6) is 0 Å². The molecular weight excluding hydrogens is 282 g/mol. The number of hydrazine groups is 1. The van der Waals surface area contributed by atoms with Crippen LogP contribution in [-0.4, -0.2) is 23.1 Å². The number of hydrogen-bond acceptors (Lipinski definition) is 6. The van der Waals surface area contributed by atoms with E-state index in [4.69, 9.17) is 5.84 Å². The van der Waals surface area contributed by atoms with Crippen LogP contribution >= 0.6 is 11.3 Å². The average molecular weight is 305 g/mol. The SMILES string of the molecule is CC(C)C1CCCN(c2nc(NN)nc3sccc23)CC1. The number of nitrogens with one attached hydrogen (secondary N) is 1. The van der Waals surface area contributed by atoms with Gasteiger partial charge in [-0.2, -0.15) is 4.98 Å². The molecule has 1 atom stereocenters. The number of nitrogens with zero attached hydrogens (tertiary/aromatic N) is 3. The van der Waals surface area contributed by atoms with Gasteiger partial charge >= 0.3 is 0 Å². The quantitative estimate of drug-likeness (QED) is 0.673. The van der Waals surface area contributed by atoms with Crippen LogP contribution in [-0.2, 0) is 0 Å². The van der Waals surface area contributed by atoms with Gasteiger partial charge in [0.1, 0.15) is 10.6 Å². The third kappa shape index (κ3) is 2.96. The topological polar surface area (TPSA) is 67.1 Å². The maximum Gasteiger partial charge on any atom is 0.240 e. The second-order valence-corrected chi connectivity index (χ2v) is 6.97. The summed E-state index contributed by atoms with van der Waals surface area (Å²) < 4.78 is 0. The maximum atomic E-state index is 5.51. The van der Waals surface area contributed by atoms with Gasteiger partial charge in [0.2, 0.25) is 5.95 Å². The zero-order chi connectivity index (χ0) is 14.8. The van der Waals surface area contributed by atoms with Gasteiger partial charge in [0.25, 0.3) is 0 Å². The molecule has 1 saturated heterocycles. The Kier molecular flexibility index (Phi) is 4.26. The highest BCUT2D eigenvalue weighted by atomic mass is 32.1. The van der Waals surface area contributed by atoms with Crippen LogP contribution in [0, 0.1) is 11.8 Å². The molecule has 2 aromatic heterocycles. The van der Waals surface area contributed by atoms with Crippen LogP contribution < -0.4 is 16.2 Å². The molecule has 6 heteroatoms. The molecular formula is C15H23N5S. The zero-order valence-corrected chi connectivity index (χ0v) is 13.5. The van der Waals surface area contributed by atoms with Gasteiger partial charge in [0.05, 0.1) is 5.39 Å². The lowest BCUT2D eigenvalue weighted by Crippen LogP contribution is -2.26. The molecule has 3 rings (SSSR count). The molecule has 114 valence electrons. The van der Waals surface area contributed by atoms with Gasteiger partial charge in [0, 0.05) is 13.1 Å². The van der Waals surface area contributed by atoms with Crippen molar-refractivity contribution in [3.8, 4) is 0 Å². The number of rotatable bonds is 3. The summed E-state index contributed by atoms with van der Waals surface area (Å²) in [5.74, 6) is 8.63. The second-order valence-electron chi connectivity index (χ2n) is 6.08. The monoisotopic (exact) mass is 305 g/mol. The van der Waals surface area contributed by atoms with Crippen LogP contribution in [0.4, 0.5) is 11.8 Å². The Labute approximate surface area is 129 Å². The number of anilines is 2. The number of thiophene rings is 1. The van der Waals surface area contributed by atoms with Crippen molar-refractivity contribution >= 4 is 33.3 Å². The summed E-state index contributed by atoms with van der Waals surface area (Å²) in [6.07, 6.45) is 3.77. The minimum atomic E-state index is 0.504. The van der Waals surface area contributed by atoms with Crippen LogP contribution in [0.25, 0.3) is 10.2 Å². The molecule has 0 aromatic carbocycles. The summed E-state index contributed by atoms with van der Waals surface area (Å²) in [6, 6.07) is 2.11. The molecule has 0 amide bonds. The van der Waals surface area contributed by atoms with E-state index in [0.717, 1.165) is 41.0 Å². The summed E-state index contributed by atoms with van der Waals surface area (Å²) in [5.41, 5.74) is 2.59. The maximum absolute atomic E-state index is 5.51. The van der Waals surface area contributed by atoms with Crippen molar-refractivity contribution in [2.75, 3.05) is 23.4 Å². The Morgan fingerprint density at radius 1 is 1.33 bits per heavy atom. The standard InChI is InChI=1S/C15H23N5S/c1-10(2)11-4-3-7-20(8-5-11)13-12-6-9-21-14(12)18-15(17-13)19-16/h6,9-11H,3-5,7-8,16H2,1-2H3,(H,17,18,19). The minimum Gasteiger partial charge on any atom is -0.356 e. The summed E-state index contributed by atoms with van der Waals surface area (Å²) in [5, 5.41) is 3.21. The van der Waals surface area contributed by atoms with Gasteiger partial charge in [-0.25, -0.2) is 10.8 Å². The normalized spacial score (nSPS) is 20.0. The zero-order valence-electron chi connectivity index (χ0n) is 12.7. The van der Waals surface area contributed by atoms with E-state index in [1.165, 1.54) is 19.3 Å². The lowest BCUT2D eigenvalue weighted by Gasteiger charge is -2.23. The first-order valence-corrected chi connectivity index (χ1v) is 8.54. The Balaban J connectivity index is 1.90. The van der Waals surface area contributed by atoms with Crippen molar-refractivity contribution < 1.29 is 0 Å². The lowest BCUT2D eigenvalue weighted by molar-refractivity contribution is 0.351. The van der Waals surface area contributed by atoms with E-state index in [1.54, 1.807) is 11.3 Å². The molecule has 3 heterocycles. The van der Waals surface area contributed by atoms with Crippen LogP contribution in [0.1, 0.15) is 33.1 Å². The van der Waals surface area contributed by atoms with Gasteiger partial charge in [-0.05, 0) is 42.5 Å². The highest BCUT2D eigenvalue weighted by Gasteiger charge is 2.22. The Hall–Kier alpha value is -1.40. The lowest BCUT2D eigenvalue weighted by atomic mass is 9.89. The molecule has 1 unspecified atom stereocenters. The Morgan fingerprint density at radius 3 is 2.95 bits per heavy atom. The molecule has 21 heavy (non-hydrogen) atoms. The van der Waals surface area contributed by atoms with Gasteiger partial charge in [0.15, 0.2) is 0 Å². The fraction of sp³-hybridized carbons (Fsp3) is 0.600. The van der Waals surface area contributed by atoms with Crippen molar-refractivity contribution in [2.45, 2.75) is 33.1 Å². The van der Waals surface area contributed by atoms with E-state index in [1.807, 2.05) is 0 Å². The van der Waals surface area contributed by atoms with Gasteiger partial charge < -0.3 is 4.90 Å². The highest BCUT2D eigenvalue weighted by molar-refractivity contribution is 7.16. The van der Waals surface area contributed by atoms with Crippen LogP contribution in [0.3, 0.4) is 0 Å². The number of aromatic nitrogens is 2. The van der Waals surface area contributed by atoms with Crippen molar-refractivity contribution in [3.63, 3.8) is 0 Å². The first-order valence-electron chi connectivity index (χ1n) is 7.66. The molecule has 2 aromatic rings. The van der Waals surface area contributed by atoms with Crippen molar-refractivity contribution in [1.82, 2.24) is 9.97 Å². The number of hydrogen-bond donors (Lipinski definition) is 2. The largest absolute Gasteiger partial charge is 0.356 e. The summed E-state index contributed by atoms with van der Waals surface area (Å²) in [7, 11) is 0. The number of nitrogen functional groups attached to an aromatic ring is 1. The van der Waals surface area contributed by atoms with E-state index in [9.17, 15) is 0 Å². The van der Waals surface area contributed by atoms with Crippen LogP contribution in [0.15, 0.2) is 11.4 Å². The fourth-order valence-electron chi connectivity index (χ4n) is 3.15. The minimum absolute atomic E-state index is 0.504. The first-order chi connectivity index (χ1) is 10.2. The molecule has 5 nitrogen and oxygen atoms in total. The molecule has 0 radical (unpaired) electrons. The molecule has 0 saturated carbocycles. The van der Waals surface area contributed by atoms with Crippen LogP contribution in [0.2, 0.25) is 0 Å². The number of fused-ring (bicyclic) bond motifs is 1. The van der Waals surface area contributed by atoms with Gasteiger partial charge in [-0.3, -0.25) is 5.43 Å².